The third-order valence-electron chi connectivity index (χ3n) is 3.06. The third-order valence-corrected chi connectivity index (χ3v) is 4.52. The lowest BCUT2D eigenvalue weighted by Gasteiger charge is -2.08. The molecule has 0 atom stereocenters. The second-order valence-electron chi connectivity index (χ2n) is 4.51. The van der Waals surface area contributed by atoms with Gasteiger partial charge in [0.05, 0.1) is 11.5 Å². The standard InChI is InChI=1S/C13H16FN3O3S/c1-17-7-6-15-13(17)4-5-16-21(19,20)11-2-3-12(14)10(8-11)9-18/h2-3,6-8,16,18H,4-5,9H2,1H3. The Morgan fingerprint density at radius 1 is 1.43 bits per heavy atom. The van der Waals surface area contributed by atoms with E-state index in [1.165, 1.54) is 0 Å². The van der Waals surface area contributed by atoms with E-state index >= 15 is 0 Å². The summed E-state index contributed by atoms with van der Waals surface area (Å²) in [5, 5.41) is 8.97. The average molecular weight is 313 g/mol. The van der Waals surface area contributed by atoms with Gasteiger partial charge in [-0.1, -0.05) is 0 Å². The summed E-state index contributed by atoms with van der Waals surface area (Å²) in [6.45, 7) is -0.374. The minimum Gasteiger partial charge on any atom is -0.392 e. The van der Waals surface area contributed by atoms with E-state index in [4.69, 9.17) is 5.11 Å². The van der Waals surface area contributed by atoms with Crippen LogP contribution in [-0.4, -0.2) is 29.6 Å². The van der Waals surface area contributed by atoms with Gasteiger partial charge in [0, 0.05) is 38.0 Å². The number of hydrogen-bond donors (Lipinski definition) is 2. The highest BCUT2D eigenvalue weighted by Gasteiger charge is 2.16. The van der Waals surface area contributed by atoms with Crippen molar-refractivity contribution in [2.24, 2.45) is 7.05 Å². The van der Waals surface area contributed by atoms with Gasteiger partial charge in [-0.05, 0) is 18.2 Å². The van der Waals surface area contributed by atoms with E-state index in [1.54, 1.807) is 17.0 Å². The second kappa shape index (κ2) is 6.33. The number of rotatable bonds is 6. The number of halogens is 1. The summed E-state index contributed by atoms with van der Waals surface area (Å²) in [7, 11) is -1.92. The molecule has 0 bridgehead atoms. The summed E-state index contributed by atoms with van der Waals surface area (Å²) in [5.74, 6) is 0.123. The fourth-order valence-corrected chi connectivity index (χ4v) is 2.94. The zero-order valence-electron chi connectivity index (χ0n) is 11.5. The first-order valence-corrected chi connectivity index (χ1v) is 7.77. The van der Waals surface area contributed by atoms with Crippen LogP contribution in [-0.2, 0) is 30.1 Å². The summed E-state index contributed by atoms with van der Waals surface area (Å²) in [4.78, 5) is 4.02. The minimum atomic E-state index is -3.74. The molecule has 6 nitrogen and oxygen atoms in total. The molecule has 2 rings (SSSR count). The van der Waals surface area contributed by atoms with Crippen molar-refractivity contribution in [3.63, 3.8) is 0 Å². The zero-order valence-corrected chi connectivity index (χ0v) is 12.3. The van der Waals surface area contributed by atoms with Gasteiger partial charge in [-0.3, -0.25) is 0 Å². The Hall–Kier alpha value is -1.77. The van der Waals surface area contributed by atoms with Gasteiger partial charge >= 0.3 is 0 Å². The van der Waals surface area contributed by atoms with Crippen LogP contribution in [0.25, 0.3) is 0 Å². The smallest absolute Gasteiger partial charge is 0.240 e. The minimum absolute atomic E-state index is 0.0537. The second-order valence-corrected chi connectivity index (χ2v) is 6.28. The molecule has 1 heterocycles. The largest absolute Gasteiger partial charge is 0.392 e. The van der Waals surface area contributed by atoms with Crippen molar-refractivity contribution in [2.45, 2.75) is 17.9 Å². The van der Waals surface area contributed by atoms with Gasteiger partial charge in [-0.25, -0.2) is 22.5 Å². The number of nitrogens with zero attached hydrogens (tertiary/aromatic N) is 2. The number of imidazole rings is 1. The van der Waals surface area contributed by atoms with Crippen LogP contribution < -0.4 is 4.72 Å². The molecule has 0 saturated carbocycles. The van der Waals surface area contributed by atoms with Crippen molar-refractivity contribution in [1.82, 2.24) is 14.3 Å². The van der Waals surface area contributed by atoms with E-state index in [9.17, 15) is 12.8 Å². The van der Waals surface area contributed by atoms with E-state index < -0.39 is 22.4 Å². The molecule has 0 aliphatic rings. The maximum atomic E-state index is 13.3. The van der Waals surface area contributed by atoms with Gasteiger partial charge < -0.3 is 9.67 Å². The molecule has 0 radical (unpaired) electrons. The molecule has 2 N–H and O–H groups in total. The lowest BCUT2D eigenvalue weighted by molar-refractivity contribution is 0.275. The Morgan fingerprint density at radius 3 is 2.81 bits per heavy atom. The predicted molar refractivity (Wildman–Crippen MR) is 74.4 cm³/mol. The zero-order chi connectivity index (χ0) is 15.5. The summed E-state index contributed by atoms with van der Waals surface area (Å²) in [5.41, 5.74) is -0.0537. The molecule has 0 aliphatic heterocycles. The van der Waals surface area contributed by atoms with Gasteiger partial charge in [0.25, 0.3) is 0 Å². The summed E-state index contributed by atoms with van der Waals surface area (Å²) in [6.07, 6.45) is 3.85. The highest BCUT2D eigenvalue weighted by atomic mass is 32.2. The molecule has 0 aliphatic carbocycles. The third kappa shape index (κ3) is 3.66. The molecule has 0 fully saturated rings. The molecule has 2 aromatic rings. The molecule has 0 unspecified atom stereocenters. The Kier molecular flexibility index (Phi) is 4.71. The van der Waals surface area contributed by atoms with Crippen LogP contribution in [0.1, 0.15) is 11.4 Å². The normalized spacial score (nSPS) is 11.8. The quantitative estimate of drug-likeness (QED) is 0.817. The fraction of sp³-hybridized carbons (Fsp3) is 0.308. The van der Waals surface area contributed by atoms with Gasteiger partial charge in [-0.2, -0.15) is 0 Å². The Balaban J connectivity index is 2.06. The molecule has 1 aromatic heterocycles. The van der Waals surface area contributed by atoms with E-state index in [0.717, 1.165) is 24.0 Å². The van der Waals surface area contributed by atoms with Gasteiger partial charge in [0.2, 0.25) is 10.0 Å². The highest BCUT2D eigenvalue weighted by Crippen LogP contribution is 2.15. The summed E-state index contributed by atoms with van der Waals surface area (Å²) >= 11 is 0. The van der Waals surface area contributed by atoms with E-state index in [-0.39, 0.29) is 17.0 Å². The Labute approximate surface area is 122 Å². The first-order chi connectivity index (χ1) is 9.94. The SMILES string of the molecule is Cn1ccnc1CCNS(=O)(=O)c1ccc(F)c(CO)c1. The molecule has 21 heavy (non-hydrogen) atoms. The summed E-state index contributed by atoms with van der Waals surface area (Å²) < 4.78 is 41.6. The Morgan fingerprint density at radius 2 is 2.19 bits per heavy atom. The molecular formula is C13H16FN3O3S. The van der Waals surface area contributed by atoms with Crippen molar-refractivity contribution in [1.29, 1.82) is 0 Å². The van der Waals surface area contributed by atoms with Crippen molar-refractivity contribution in [3.05, 3.63) is 47.8 Å². The van der Waals surface area contributed by atoms with Gasteiger partial charge in [0.1, 0.15) is 11.6 Å². The molecule has 114 valence electrons. The number of hydrogen-bond acceptors (Lipinski definition) is 4. The number of nitrogens with one attached hydrogen (secondary N) is 1. The van der Waals surface area contributed by atoms with Crippen LogP contribution in [0.2, 0.25) is 0 Å². The average Bonchev–Trinajstić information content (AvgIpc) is 2.84. The van der Waals surface area contributed by atoms with Crippen LogP contribution in [0.5, 0.6) is 0 Å². The lowest BCUT2D eigenvalue weighted by atomic mass is 10.2. The topological polar surface area (TPSA) is 84.2 Å². The van der Waals surface area contributed by atoms with E-state index in [2.05, 4.69) is 9.71 Å². The van der Waals surface area contributed by atoms with E-state index in [1.807, 2.05) is 7.05 Å². The Bertz CT molecular complexity index is 728. The van der Waals surface area contributed by atoms with Crippen LogP contribution >= 0.6 is 0 Å². The molecule has 8 heteroatoms. The van der Waals surface area contributed by atoms with Crippen molar-refractivity contribution in [3.8, 4) is 0 Å². The number of aliphatic hydroxyl groups excluding tert-OH is 1. The first-order valence-electron chi connectivity index (χ1n) is 6.29. The molecule has 0 saturated heterocycles. The van der Waals surface area contributed by atoms with Crippen molar-refractivity contribution >= 4 is 10.0 Å². The van der Waals surface area contributed by atoms with Gasteiger partial charge in [-0.15, -0.1) is 0 Å². The number of benzene rings is 1. The predicted octanol–water partition coefficient (Wildman–Crippen LogP) is 0.573. The van der Waals surface area contributed by atoms with Crippen LogP contribution in [0.3, 0.4) is 0 Å². The number of aromatic nitrogens is 2. The fourth-order valence-electron chi connectivity index (χ4n) is 1.86. The highest BCUT2D eigenvalue weighted by molar-refractivity contribution is 7.89. The molecule has 0 amide bonds. The number of aliphatic hydroxyl groups is 1. The van der Waals surface area contributed by atoms with Crippen LogP contribution in [0.15, 0.2) is 35.5 Å². The monoisotopic (exact) mass is 313 g/mol. The number of sulfonamides is 1. The maximum Gasteiger partial charge on any atom is 0.240 e. The van der Waals surface area contributed by atoms with Crippen molar-refractivity contribution < 1.29 is 17.9 Å². The molecule has 1 aromatic carbocycles. The maximum absolute atomic E-state index is 13.3. The molecule has 0 spiro atoms. The van der Waals surface area contributed by atoms with E-state index in [0.29, 0.717) is 6.42 Å². The first kappa shape index (κ1) is 15.6. The lowest BCUT2D eigenvalue weighted by Crippen LogP contribution is -2.26. The van der Waals surface area contributed by atoms with Gasteiger partial charge in [0.15, 0.2) is 0 Å². The van der Waals surface area contributed by atoms with Crippen molar-refractivity contribution in [2.75, 3.05) is 6.54 Å². The molecular weight excluding hydrogens is 297 g/mol. The van der Waals surface area contributed by atoms with Crippen LogP contribution in [0.4, 0.5) is 4.39 Å². The van der Waals surface area contributed by atoms with Crippen LogP contribution in [0, 0.1) is 5.82 Å². The summed E-state index contributed by atoms with van der Waals surface area (Å²) in [6, 6.07) is 3.31. The number of aryl methyl sites for hydroxylation is 1.